The van der Waals surface area contributed by atoms with Crippen LogP contribution in [-0.2, 0) is 0 Å². The van der Waals surface area contributed by atoms with Gasteiger partial charge in [0.05, 0.1) is 0 Å². The van der Waals surface area contributed by atoms with E-state index in [2.05, 4.69) is 36.5 Å². The summed E-state index contributed by atoms with van der Waals surface area (Å²) >= 11 is 0. The fourth-order valence-electron chi connectivity index (χ4n) is 2.25. The molecule has 1 unspecified atom stereocenters. The van der Waals surface area contributed by atoms with E-state index in [1.54, 1.807) is 5.56 Å². The van der Waals surface area contributed by atoms with Crippen molar-refractivity contribution in [1.29, 1.82) is 0 Å². The van der Waals surface area contributed by atoms with Crippen LogP contribution in [0.25, 0.3) is 0 Å². The van der Waals surface area contributed by atoms with E-state index >= 15 is 0 Å². The van der Waals surface area contributed by atoms with Crippen LogP contribution in [0.2, 0.25) is 0 Å². The van der Waals surface area contributed by atoms with Crippen LogP contribution in [0.1, 0.15) is 29.9 Å². The highest BCUT2D eigenvalue weighted by molar-refractivity contribution is 5.30. The average Bonchev–Trinajstić information content (AvgIpc) is 2.99. The fraction of sp³-hybridized carbons (Fsp3) is 0.538. The second-order valence-corrected chi connectivity index (χ2v) is 4.36. The number of rotatable bonds is 4. The number of hydrogen-bond donors (Lipinski definition) is 1. The van der Waals surface area contributed by atoms with Gasteiger partial charge in [-0.2, -0.15) is 0 Å². The minimum Gasteiger partial charge on any atom is -0.319 e. The Kier molecular flexibility index (Phi) is 2.87. The van der Waals surface area contributed by atoms with Gasteiger partial charge in [0.15, 0.2) is 0 Å². The zero-order chi connectivity index (χ0) is 9.97. The summed E-state index contributed by atoms with van der Waals surface area (Å²) in [5.74, 6) is 1.67. The van der Waals surface area contributed by atoms with Gasteiger partial charge in [-0.25, -0.2) is 0 Å². The van der Waals surface area contributed by atoms with Crippen molar-refractivity contribution in [2.45, 2.75) is 25.7 Å². The lowest BCUT2D eigenvalue weighted by Gasteiger charge is -2.18. The van der Waals surface area contributed by atoms with Crippen LogP contribution < -0.4 is 5.32 Å². The molecule has 0 heterocycles. The molecule has 2 rings (SSSR count). The van der Waals surface area contributed by atoms with Crippen LogP contribution in [0.5, 0.6) is 0 Å². The summed E-state index contributed by atoms with van der Waals surface area (Å²) in [6, 6.07) is 8.80. The molecule has 0 bridgehead atoms. The van der Waals surface area contributed by atoms with Crippen molar-refractivity contribution in [2.24, 2.45) is 5.92 Å². The van der Waals surface area contributed by atoms with Crippen molar-refractivity contribution in [3.05, 3.63) is 35.4 Å². The molecule has 1 atom stereocenters. The maximum atomic E-state index is 3.31. The molecule has 1 aliphatic rings. The van der Waals surface area contributed by atoms with Gasteiger partial charge in [0.2, 0.25) is 0 Å². The van der Waals surface area contributed by atoms with Gasteiger partial charge in [-0.3, -0.25) is 0 Å². The van der Waals surface area contributed by atoms with Gasteiger partial charge in [-0.15, -0.1) is 0 Å². The third kappa shape index (κ3) is 1.98. The summed E-state index contributed by atoms with van der Waals surface area (Å²) < 4.78 is 0. The third-order valence-electron chi connectivity index (χ3n) is 3.20. The van der Waals surface area contributed by atoms with E-state index in [1.807, 2.05) is 7.05 Å². The Bertz CT molecular complexity index is 302. The van der Waals surface area contributed by atoms with Gasteiger partial charge in [-0.1, -0.05) is 24.3 Å². The monoisotopic (exact) mass is 189 g/mol. The van der Waals surface area contributed by atoms with E-state index in [4.69, 9.17) is 0 Å². The molecule has 76 valence electrons. The maximum absolute atomic E-state index is 3.31. The summed E-state index contributed by atoms with van der Waals surface area (Å²) in [6.45, 7) is 3.34. The molecule has 0 radical (unpaired) electrons. The highest BCUT2D eigenvalue weighted by Crippen LogP contribution is 2.42. The van der Waals surface area contributed by atoms with E-state index in [9.17, 15) is 0 Å². The zero-order valence-electron chi connectivity index (χ0n) is 9.09. The molecule has 1 heteroatoms. The third-order valence-corrected chi connectivity index (χ3v) is 3.20. The van der Waals surface area contributed by atoms with Crippen LogP contribution in [0, 0.1) is 12.8 Å². The molecule has 1 aromatic carbocycles. The number of likely N-dealkylation sites (N-methyl/N-ethyl adjacent to an activating group) is 1. The first kappa shape index (κ1) is 9.72. The van der Waals surface area contributed by atoms with Crippen molar-refractivity contribution < 1.29 is 0 Å². The minimum absolute atomic E-state index is 0.737. The number of nitrogens with one attached hydrogen (secondary N) is 1. The van der Waals surface area contributed by atoms with Gasteiger partial charge < -0.3 is 5.32 Å². The Labute approximate surface area is 86.5 Å². The Balaban J connectivity index is 2.21. The molecule has 0 saturated heterocycles. The lowest BCUT2D eigenvalue weighted by atomic mass is 9.91. The van der Waals surface area contributed by atoms with E-state index < -0.39 is 0 Å². The van der Waals surface area contributed by atoms with E-state index in [0.29, 0.717) is 0 Å². The normalized spacial score (nSPS) is 18.1. The van der Waals surface area contributed by atoms with Gasteiger partial charge in [-0.05, 0) is 49.8 Å². The predicted molar refractivity (Wildman–Crippen MR) is 60.6 cm³/mol. The molecule has 1 fully saturated rings. The second-order valence-electron chi connectivity index (χ2n) is 4.36. The SMILES string of the molecule is CNCC(c1ccccc1C)C1CC1. The summed E-state index contributed by atoms with van der Waals surface area (Å²) in [7, 11) is 2.05. The quantitative estimate of drug-likeness (QED) is 0.768. The van der Waals surface area contributed by atoms with Crippen molar-refractivity contribution in [3.63, 3.8) is 0 Å². The highest BCUT2D eigenvalue weighted by Gasteiger charge is 2.32. The maximum Gasteiger partial charge on any atom is 0.00199 e. The number of aryl methyl sites for hydroxylation is 1. The topological polar surface area (TPSA) is 12.0 Å². The molecule has 1 N–H and O–H groups in total. The van der Waals surface area contributed by atoms with Crippen LogP contribution in [0.3, 0.4) is 0 Å². The molecule has 1 aliphatic carbocycles. The molecule has 0 spiro atoms. The largest absolute Gasteiger partial charge is 0.319 e. The van der Waals surface area contributed by atoms with Gasteiger partial charge in [0, 0.05) is 6.54 Å². The van der Waals surface area contributed by atoms with Gasteiger partial charge >= 0.3 is 0 Å². The van der Waals surface area contributed by atoms with Crippen molar-refractivity contribution in [2.75, 3.05) is 13.6 Å². The first-order chi connectivity index (χ1) is 6.83. The van der Waals surface area contributed by atoms with E-state index in [-0.39, 0.29) is 0 Å². The Morgan fingerprint density at radius 2 is 2.07 bits per heavy atom. The molecule has 1 saturated carbocycles. The molecule has 0 amide bonds. The van der Waals surface area contributed by atoms with Crippen LogP contribution >= 0.6 is 0 Å². The Hall–Kier alpha value is -0.820. The fourth-order valence-corrected chi connectivity index (χ4v) is 2.25. The minimum atomic E-state index is 0.737. The van der Waals surface area contributed by atoms with Crippen LogP contribution in [-0.4, -0.2) is 13.6 Å². The number of hydrogen-bond acceptors (Lipinski definition) is 1. The van der Waals surface area contributed by atoms with E-state index in [1.165, 1.54) is 18.4 Å². The molecule has 14 heavy (non-hydrogen) atoms. The zero-order valence-corrected chi connectivity index (χ0v) is 9.09. The summed E-state index contributed by atoms with van der Waals surface area (Å²) in [5.41, 5.74) is 2.99. The standard InChI is InChI=1S/C13H19N/c1-10-5-3-4-6-12(10)13(9-14-2)11-7-8-11/h3-6,11,13-14H,7-9H2,1-2H3. The average molecular weight is 189 g/mol. The summed E-state index contributed by atoms with van der Waals surface area (Å²) in [6.07, 6.45) is 2.83. The van der Waals surface area contributed by atoms with Crippen molar-refractivity contribution in [3.8, 4) is 0 Å². The van der Waals surface area contributed by atoms with Gasteiger partial charge in [0.1, 0.15) is 0 Å². The smallest absolute Gasteiger partial charge is 0.00199 e. The number of benzene rings is 1. The lowest BCUT2D eigenvalue weighted by molar-refractivity contribution is 0.564. The molecular weight excluding hydrogens is 170 g/mol. The molecular formula is C13H19N. The molecule has 1 nitrogen and oxygen atoms in total. The predicted octanol–water partition coefficient (Wildman–Crippen LogP) is 2.71. The first-order valence-corrected chi connectivity index (χ1v) is 5.53. The molecule has 0 aliphatic heterocycles. The molecule has 1 aromatic rings. The Morgan fingerprint density at radius 3 is 2.64 bits per heavy atom. The van der Waals surface area contributed by atoms with Gasteiger partial charge in [0.25, 0.3) is 0 Å². The Morgan fingerprint density at radius 1 is 1.36 bits per heavy atom. The van der Waals surface area contributed by atoms with Crippen molar-refractivity contribution in [1.82, 2.24) is 5.32 Å². The van der Waals surface area contributed by atoms with Crippen LogP contribution in [0.15, 0.2) is 24.3 Å². The van der Waals surface area contributed by atoms with Crippen LogP contribution in [0.4, 0.5) is 0 Å². The molecule has 0 aromatic heterocycles. The second kappa shape index (κ2) is 4.14. The van der Waals surface area contributed by atoms with E-state index in [0.717, 1.165) is 18.4 Å². The van der Waals surface area contributed by atoms with Crippen molar-refractivity contribution >= 4 is 0 Å². The highest BCUT2D eigenvalue weighted by atomic mass is 14.8. The summed E-state index contributed by atoms with van der Waals surface area (Å²) in [4.78, 5) is 0. The lowest BCUT2D eigenvalue weighted by Crippen LogP contribution is -2.19. The first-order valence-electron chi connectivity index (χ1n) is 5.53. The summed E-state index contributed by atoms with van der Waals surface area (Å²) in [5, 5.41) is 3.31.